The second-order valence-corrected chi connectivity index (χ2v) is 4.17. The van der Waals surface area contributed by atoms with Gasteiger partial charge in [-0.05, 0) is 37.5 Å². The average Bonchev–Trinajstić information content (AvgIpc) is 2.28. The highest BCUT2D eigenvalue weighted by Crippen LogP contribution is 2.39. The molecule has 2 rings (SSSR count). The SMILES string of the molecule is CCC1(CC)Oc2ccccc2C=C1C. The fourth-order valence-electron chi connectivity index (χ4n) is 2.30. The van der Waals surface area contributed by atoms with Crippen LogP contribution in [0.15, 0.2) is 29.8 Å². The fraction of sp³-hybridized carbons (Fsp3) is 0.429. The maximum absolute atomic E-state index is 6.16. The molecule has 0 radical (unpaired) electrons. The molecule has 1 nitrogen and oxygen atoms in total. The van der Waals surface area contributed by atoms with Crippen LogP contribution < -0.4 is 4.74 Å². The van der Waals surface area contributed by atoms with Gasteiger partial charge in [0.25, 0.3) is 0 Å². The van der Waals surface area contributed by atoms with E-state index in [1.54, 1.807) is 0 Å². The molecule has 0 amide bonds. The Hall–Kier alpha value is -1.24. The van der Waals surface area contributed by atoms with E-state index in [2.05, 4.69) is 45.0 Å². The number of rotatable bonds is 2. The van der Waals surface area contributed by atoms with Gasteiger partial charge in [-0.25, -0.2) is 0 Å². The zero-order valence-corrected chi connectivity index (χ0v) is 9.71. The smallest absolute Gasteiger partial charge is 0.130 e. The molecule has 0 unspecified atom stereocenters. The molecule has 0 spiro atoms. The largest absolute Gasteiger partial charge is 0.482 e. The lowest BCUT2D eigenvalue weighted by atomic mass is 9.85. The molecule has 1 heteroatoms. The van der Waals surface area contributed by atoms with Gasteiger partial charge in [0.15, 0.2) is 0 Å². The van der Waals surface area contributed by atoms with Gasteiger partial charge in [0.2, 0.25) is 0 Å². The molecule has 0 saturated heterocycles. The van der Waals surface area contributed by atoms with Gasteiger partial charge in [-0.2, -0.15) is 0 Å². The van der Waals surface area contributed by atoms with E-state index in [4.69, 9.17) is 4.74 Å². The molecule has 1 aromatic carbocycles. The third-order valence-electron chi connectivity index (χ3n) is 3.46. The van der Waals surface area contributed by atoms with Gasteiger partial charge in [-0.1, -0.05) is 32.0 Å². The van der Waals surface area contributed by atoms with Crippen LogP contribution in [0.25, 0.3) is 6.08 Å². The van der Waals surface area contributed by atoms with E-state index in [1.165, 1.54) is 11.1 Å². The molecular weight excluding hydrogens is 184 g/mol. The minimum Gasteiger partial charge on any atom is -0.482 e. The Bertz CT molecular complexity index is 386. The summed E-state index contributed by atoms with van der Waals surface area (Å²) in [5, 5.41) is 0. The monoisotopic (exact) mass is 202 g/mol. The Labute approximate surface area is 91.8 Å². The van der Waals surface area contributed by atoms with E-state index in [1.807, 2.05) is 6.07 Å². The molecule has 0 N–H and O–H groups in total. The molecule has 0 bridgehead atoms. The molecular formula is C14H18O. The van der Waals surface area contributed by atoms with Crippen LogP contribution in [0.3, 0.4) is 0 Å². The van der Waals surface area contributed by atoms with Gasteiger partial charge in [-0.15, -0.1) is 0 Å². The van der Waals surface area contributed by atoms with Crippen molar-refractivity contribution in [2.45, 2.75) is 39.2 Å². The quantitative estimate of drug-likeness (QED) is 0.703. The maximum Gasteiger partial charge on any atom is 0.130 e. The van der Waals surface area contributed by atoms with Gasteiger partial charge in [0, 0.05) is 5.56 Å². The summed E-state index contributed by atoms with van der Waals surface area (Å²) in [6, 6.07) is 8.24. The minimum atomic E-state index is -0.0750. The molecule has 0 aromatic heterocycles. The molecule has 0 atom stereocenters. The second-order valence-electron chi connectivity index (χ2n) is 4.17. The Balaban J connectivity index is 2.48. The van der Waals surface area contributed by atoms with Crippen LogP contribution >= 0.6 is 0 Å². The van der Waals surface area contributed by atoms with E-state index in [0.29, 0.717) is 0 Å². The lowest BCUT2D eigenvalue weighted by molar-refractivity contribution is 0.0955. The number of fused-ring (bicyclic) bond motifs is 1. The molecule has 1 heterocycles. The Morgan fingerprint density at radius 1 is 1.13 bits per heavy atom. The zero-order valence-electron chi connectivity index (χ0n) is 9.71. The molecule has 0 saturated carbocycles. The first kappa shape index (κ1) is 10.3. The van der Waals surface area contributed by atoms with Crippen molar-refractivity contribution in [3.63, 3.8) is 0 Å². The summed E-state index contributed by atoms with van der Waals surface area (Å²) in [6.07, 6.45) is 4.31. The number of ether oxygens (including phenoxy) is 1. The third-order valence-corrected chi connectivity index (χ3v) is 3.46. The topological polar surface area (TPSA) is 9.23 Å². The van der Waals surface area contributed by atoms with E-state index >= 15 is 0 Å². The van der Waals surface area contributed by atoms with Crippen molar-refractivity contribution in [1.29, 1.82) is 0 Å². The zero-order chi connectivity index (χ0) is 10.9. The first-order valence-electron chi connectivity index (χ1n) is 5.68. The normalized spacial score (nSPS) is 17.7. The number of hydrogen-bond donors (Lipinski definition) is 0. The first-order chi connectivity index (χ1) is 7.22. The van der Waals surface area contributed by atoms with Gasteiger partial charge < -0.3 is 4.74 Å². The van der Waals surface area contributed by atoms with Crippen molar-refractivity contribution in [2.24, 2.45) is 0 Å². The predicted molar refractivity (Wildman–Crippen MR) is 64.0 cm³/mol. The summed E-state index contributed by atoms with van der Waals surface area (Å²) in [5.74, 6) is 1.02. The Kier molecular flexibility index (Phi) is 2.56. The molecule has 0 fully saturated rings. The van der Waals surface area contributed by atoms with Crippen molar-refractivity contribution in [2.75, 3.05) is 0 Å². The summed E-state index contributed by atoms with van der Waals surface area (Å²) in [4.78, 5) is 0. The standard InChI is InChI=1S/C14H18O/c1-4-14(5-2)11(3)10-12-8-6-7-9-13(12)15-14/h6-10H,4-5H2,1-3H3. The summed E-state index contributed by atoms with van der Waals surface area (Å²) in [5.41, 5.74) is 2.47. The average molecular weight is 202 g/mol. The molecule has 0 aliphatic carbocycles. The highest BCUT2D eigenvalue weighted by Gasteiger charge is 2.33. The molecule has 1 aromatic rings. The Morgan fingerprint density at radius 2 is 1.80 bits per heavy atom. The van der Waals surface area contributed by atoms with Crippen molar-refractivity contribution < 1.29 is 4.74 Å². The third kappa shape index (κ3) is 1.56. The van der Waals surface area contributed by atoms with E-state index in [0.717, 1.165) is 18.6 Å². The van der Waals surface area contributed by atoms with E-state index in [-0.39, 0.29) is 5.60 Å². The molecule has 1 aliphatic rings. The second kappa shape index (κ2) is 3.73. The van der Waals surface area contributed by atoms with Crippen LogP contribution in [0, 0.1) is 0 Å². The fourth-order valence-corrected chi connectivity index (χ4v) is 2.30. The highest BCUT2D eigenvalue weighted by atomic mass is 16.5. The molecule has 80 valence electrons. The molecule has 15 heavy (non-hydrogen) atoms. The van der Waals surface area contributed by atoms with Crippen LogP contribution in [0.1, 0.15) is 39.2 Å². The van der Waals surface area contributed by atoms with Gasteiger partial charge >= 0.3 is 0 Å². The van der Waals surface area contributed by atoms with Crippen LogP contribution in [0.4, 0.5) is 0 Å². The minimum absolute atomic E-state index is 0.0750. The summed E-state index contributed by atoms with van der Waals surface area (Å²) in [6.45, 7) is 6.55. The van der Waals surface area contributed by atoms with Gasteiger partial charge in [0.05, 0.1) is 0 Å². The summed E-state index contributed by atoms with van der Waals surface area (Å²) in [7, 11) is 0. The van der Waals surface area contributed by atoms with Crippen molar-refractivity contribution >= 4 is 6.08 Å². The van der Waals surface area contributed by atoms with Crippen LogP contribution in [-0.2, 0) is 0 Å². The summed E-state index contributed by atoms with van der Waals surface area (Å²) < 4.78 is 6.16. The predicted octanol–water partition coefficient (Wildman–Crippen LogP) is 4.04. The highest BCUT2D eigenvalue weighted by molar-refractivity contribution is 5.63. The number of hydrogen-bond acceptors (Lipinski definition) is 1. The van der Waals surface area contributed by atoms with E-state index < -0.39 is 0 Å². The lowest BCUT2D eigenvalue weighted by Crippen LogP contribution is -2.37. The number of benzene rings is 1. The van der Waals surface area contributed by atoms with Crippen molar-refractivity contribution in [1.82, 2.24) is 0 Å². The first-order valence-corrected chi connectivity index (χ1v) is 5.68. The van der Waals surface area contributed by atoms with Gasteiger partial charge in [-0.3, -0.25) is 0 Å². The maximum atomic E-state index is 6.16. The van der Waals surface area contributed by atoms with E-state index in [9.17, 15) is 0 Å². The van der Waals surface area contributed by atoms with Crippen molar-refractivity contribution in [3.8, 4) is 5.75 Å². The van der Waals surface area contributed by atoms with Crippen LogP contribution in [0.2, 0.25) is 0 Å². The summed E-state index contributed by atoms with van der Waals surface area (Å²) >= 11 is 0. The van der Waals surface area contributed by atoms with Gasteiger partial charge in [0.1, 0.15) is 11.4 Å². The van der Waals surface area contributed by atoms with Crippen molar-refractivity contribution in [3.05, 3.63) is 35.4 Å². The van der Waals surface area contributed by atoms with Crippen LogP contribution in [0.5, 0.6) is 5.75 Å². The lowest BCUT2D eigenvalue weighted by Gasteiger charge is -2.37. The molecule has 1 aliphatic heterocycles. The van der Waals surface area contributed by atoms with Crippen LogP contribution in [-0.4, -0.2) is 5.60 Å². The Morgan fingerprint density at radius 3 is 2.47 bits per heavy atom. The number of para-hydroxylation sites is 1.